The van der Waals surface area contributed by atoms with Gasteiger partial charge in [-0.1, -0.05) is 28.1 Å². The van der Waals surface area contributed by atoms with Crippen molar-refractivity contribution in [3.05, 3.63) is 34.3 Å². The number of halogens is 1. The van der Waals surface area contributed by atoms with Crippen molar-refractivity contribution in [1.29, 1.82) is 0 Å². The Morgan fingerprint density at radius 3 is 2.31 bits per heavy atom. The number of carbonyl (C=O) groups is 1. The van der Waals surface area contributed by atoms with Crippen LogP contribution in [0.5, 0.6) is 0 Å². The van der Waals surface area contributed by atoms with E-state index in [4.69, 9.17) is 5.11 Å². The van der Waals surface area contributed by atoms with E-state index in [1.54, 1.807) is 0 Å². The van der Waals surface area contributed by atoms with Crippen LogP contribution in [-0.2, 0) is 11.2 Å². The van der Waals surface area contributed by atoms with Crippen molar-refractivity contribution >= 4 is 22.2 Å². The Kier molecular flexibility index (Phi) is 7.54. The minimum atomic E-state index is 0.613. The molecule has 0 spiro atoms. The topological polar surface area (TPSA) is 37.3 Å². The zero-order valence-electron chi connectivity index (χ0n) is 7.53. The predicted octanol–water partition coefficient (Wildman–Crippen LogP) is 2.19. The van der Waals surface area contributed by atoms with Crippen molar-refractivity contribution in [2.45, 2.75) is 12.8 Å². The van der Waals surface area contributed by atoms with Crippen LogP contribution in [0.15, 0.2) is 28.7 Å². The lowest BCUT2D eigenvalue weighted by Gasteiger charge is -1.96. The van der Waals surface area contributed by atoms with Crippen LogP contribution >= 0.6 is 15.9 Å². The molecule has 1 aromatic carbocycles. The highest BCUT2D eigenvalue weighted by Gasteiger charge is 1.90. The maximum absolute atomic E-state index is 10.0. The minimum Gasteiger partial charge on any atom is -0.400 e. The fourth-order valence-corrected chi connectivity index (χ4v) is 1.14. The first-order valence-electron chi connectivity index (χ1n) is 3.96. The normalized spacial score (nSPS) is 8.54. The highest BCUT2D eigenvalue weighted by Crippen LogP contribution is 2.11. The van der Waals surface area contributed by atoms with Gasteiger partial charge in [0.05, 0.1) is 0 Å². The zero-order valence-corrected chi connectivity index (χ0v) is 9.12. The third-order valence-corrected chi connectivity index (χ3v) is 1.99. The van der Waals surface area contributed by atoms with Crippen LogP contribution in [-0.4, -0.2) is 18.5 Å². The Hall–Kier alpha value is -0.670. The summed E-state index contributed by atoms with van der Waals surface area (Å²) in [7, 11) is 1.00. The summed E-state index contributed by atoms with van der Waals surface area (Å²) in [5.41, 5.74) is 1.21. The number of aliphatic hydroxyl groups is 1. The lowest BCUT2D eigenvalue weighted by Crippen LogP contribution is -1.84. The van der Waals surface area contributed by atoms with Crippen molar-refractivity contribution in [2.24, 2.45) is 0 Å². The summed E-state index contributed by atoms with van der Waals surface area (Å²) in [5.74, 6) is 0. The van der Waals surface area contributed by atoms with E-state index in [9.17, 15) is 4.79 Å². The molecule has 0 saturated heterocycles. The molecule has 0 fully saturated rings. The van der Waals surface area contributed by atoms with E-state index in [1.807, 2.05) is 24.3 Å². The third-order valence-electron chi connectivity index (χ3n) is 1.46. The van der Waals surface area contributed by atoms with E-state index in [-0.39, 0.29) is 0 Å². The Bertz CT molecular complexity index is 231. The van der Waals surface area contributed by atoms with Gasteiger partial charge < -0.3 is 9.90 Å². The highest BCUT2D eigenvalue weighted by molar-refractivity contribution is 9.10. The summed E-state index contributed by atoms with van der Waals surface area (Å²) >= 11 is 3.34. The highest BCUT2D eigenvalue weighted by atomic mass is 79.9. The molecule has 0 aliphatic carbocycles. The molecule has 0 heterocycles. The molecular formula is C10H13BrO2. The van der Waals surface area contributed by atoms with Gasteiger partial charge in [-0.05, 0) is 24.1 Å². The van der Waals surface area contributed by atoms with Crippen LogP contribution < -0.4 is 0 Å². The quantitative estimate of drug-likeness (QED) is 0.829. The van der Waals surface area contributed by atoms with E-state index in [2.05, 4.69) is 15.9 Å². The summed E-state index contributed by atoms with van der Waals surface area (Å²) in [6.07, 6.45) is 2.40. The van der Waals surface area contributed by atoms with Gasteiger partial charge in [0.25, 0.3) is 0 Å². The number of hydrogen-bond acceptors (Lipinski definition) is 2. The SMILES string of the molecule is CO.O=CCCc1ccc(Br)cc1. The van der Waals surface area contributed by atoms with Crippen LogP contribution in [0.25, 0.3) is 0 Å². The Balaban J connectivity index is 0.000000671. The molecule has 1 aromatic rings. The molecule has 0 aliphatic rings. The first kappa shape index (κ1) is 12.3. The largest absolute Gasteiger partial charge is 0.400 e. The third kappa shape index (κ3) is 5.55. The molecule has 0 aliphatic heterocycles. The molecule has 0 bridgehead atoms. The number of benzene rings is 1. The van der Waals surface area contributed by atoms with Gasteiger partial charge in [-0.25, -0.2) is 0 Å². The molecular weight excluding hydrogens is 232 g/mol. The van der Waals surface area contributed by atoms with E-state index < -0.39 is 0 Å². The van der Waals surface area contributed by atoms with Gasteiger partial charge in [0.15, 0.2) is 0 Å². The van der Waals surface area contributed by atoms with Crippen molar-refractivity contribution in [3.8, 4) is 0 Å². The van der Waals surface area contributed by atoms with E-state index in [0.29, 0.717) is 6.42 Å². The summed E-state index contributed by atoms with van der Waals surface area (Å²) in [6, 6.07) is 8.02. The molecule has 1 rings (SSSR count). The second kappa shape index (κ2) is 7.95. The Morgan fingerprint density at radius 2 is 1.85 bits per heavy atom. The standard InChI is InChI=1S/C9H9BrO.CH4O/c10-9-5-3-8(4-6-9)2-1-7-11;1-2/h3-7H,1-2H2;2H,1H3. The average Bonchev–Trinajstić information content (AvgIpc) is 2.20. The first-order valence-corrected chi connectivity index (χ1v) is 4.75. The minimum absolute atomic E-state index is 0.613. The molecule has 0 radical (unpaired) electrons. The number of aliphatic hydroxyl groups excluding tert-OH is 1. The fraction of sp³-hybridized carbons (Fsp3) is 0.300. The maximum atomic E-state index is 10.0. The number of hydrogen-bond donors (Lipinski definition) is 1. The van der Waals surface area contributed by atoms with E-state index in [0.717, 1.165) is 24.3 Å². The number of aryl methyl sites for hydroxylation is 1. The average molecular weight is 245 g/mol. The lowest BCUT2D eigenvalue weighted by molar-refractivity contribution is -0.107. The van der Waals surface area contributed by atoms with Crippen molar-refractivity contribution in [2.75, 3.05) is 7.11 Å². The van der Waals surface area contributed by atoms with Crippen molar-refractivity contribution < 1.29 is 9.90 Å². The summed E-state index contributed by atoms with van der Waals surface area (Å²) in [5, 5.41) is 7.00. The molecule has 0 atom stereocenters. The van der Waals surface area contributed by atoms with Crippen LogP contribution in [0.3, 0.4) is 0 Å². The van der Waals surface area contributed by atoms with Gasteiger partial charge in [-0.3, -0.25) is 0 Å². The Labute approximate surface area is 86.7 Å². The number of rotatable bonds is 3. The molecule has 13 heavy (non-hydrogen) atoms. The molecule has 0 unspecified atom stereocenters. The van der Waals surface area contributed by atoms with Gasteiger partial charge >= 0.3 is 0 Å². The zero-order chi connectivity index (χ0) is 10.1. The monoisotopic (exact) mass is 244 g/mol. The summed E-state index contributed by atoms with van der Waals surface area (Å²) < 4.78 is 1.08. The number of carbonyl (C=O) groups excluding carboxylic acids is 1. The second-order valence-corrected chi connectivity index (χ2v) is 3.25. The Morgan fingerprint density at radius 1 is 1.31 bits per heavy atom. The maximum Gasteiger partial charge on any atom is 0.120 e. The first-order chi connectivity index (χ1) is 6.33. The van der Waals surface area contributed by atoms with Gasteiger partial charge in [-0.15, -0.1) is 0 Å². The fourth-order valence-electron chi connectivity index (χ4n) is 0.877. The smallest absolute Gasteiger partial charge is 0.120 e. The van der Waals surface area contributed by atoms with E-state index in [1.165, 1.54) is 5.56 Å². The summed E-state index contributed by atoms with van der Waals surface area (Å²) in [6.45, 7) is 0. The molecule has 0 aromatic heterocycles. The second-order valence-electron chi connectivity index (χ2n) is 2.33. The summed E-state index contributed by atoms with van der Waals surface area (Å²) in [4.78, 5) is 10.0. The van der Waals surface area contributed by atoms with Crippen LogP contribution in [0.4, 0.5) is 0 Å². The van der Waals surface area contributed by atoms with Gasteiger partial charge in [0, 0.05) is 18.0 Å². The predicted molar refractivity (Wildman–Crippen MR) is 56.7 cm³/mol. The van der Waals surface area contributed by atoms with Gasteiger partial charge in [0.1, 0.15) is 6.29 Å². The lowest BCUT2D eigenvalue weighted by atomic mass is 10.1. The molecule has 1 N–H and O–H groups in total. The molecule has 0 amide bonds. The van der Waals surface area contributed by atoms with Gasteiger partial charge in [-0.2, -0.15) is 0 Å². The van der Waals surface area contributed by atoms with Crippen LogP contribution in [0, 0.1) is 0 Å². The van der Waals surface area contributed by atoms with Crippen molar-refractivity contribution in [1.82, 2.24) is 0 Å². The molecule has 3 heteroatoms. The van der Waals surface area contributed by atoms with E-state index >= 15 is 0 Å². The molecule has 0 saturated carbocycles. The van der Waals surface area contributed by atoms with Gasteiger partial charge in [0.2, 0.25) is 0 Å². The molecule has 2 nitrogen and oxygen atoms in total. The van der Waals surface area contributed by atoms with Crippen LogP contribution in [0.1, 0.15) is 12.0 Å². The number of aldehydes is 1. The van der Waals surface area contributed by atoms with Crippen molar-refractivity contribution in [3.63, 3.8) is 0 Å². The molecule has 72 valence electrons. The van der Waals surface area contributed by atoms with Crippen LogP contribution in [0.2, 0.25) is 0 Å².